The Morgan fingerprint density at radius 2 is 1.89 bits per heavy atom. The van der Waals surface area contributed by atoms with Crippen LogP contribution in [-0.4, -0.2) is 23.0 Å². The number of halogens is 1. The van der Waals surface area contributed by atoms with E-state index in [1.807, 2.05) is 0 Å². The Hall–Kier alpha value is -1.00. The summed E-state index contributed by atoms with van der Waals surface area (Å²) in [5.41, 5.74) is 6.78. The molecule has 0 radical (unpaired) electrons. The van der Waals surface area contributed by atoms with Crippen LogP contribution in [0.4, 0.5) is 4.39 Å². The van der Waals surface area contributed by atoms with E-state index < -0.39 is 0 Å². The molecule has 2 nitrogen and oxygen atoms in total. The summed E-state index contributed by atoms with van der Waals surface area (Å²) in [7, 11) is 0. The minimum Gasteiger partial charge on any atom is -0.389 e. The summed E-state index contributed by atoms with van der Waals surface area (Å²) in [5, 5.41) is 0. The van der Waals surface area contributed by atoms with E-state index in [4.69, 9.17) is 18.0 Å². The Kier molecular flexibility index (Phi) is 6.22. The van der Waals surface area contributed by atoms with Gasteiger partial charge in [-0.3, -0.25) is 4.90 Å². The molecule has 0 heterocycles. The van der Waals surface area contributed by atoms with Gasteiger partial charge in [0.15, 0.2) is 0 Å². The lowest BCUT2D eigenvalue weighted by Gasteiger charge is -2.21. The fraction of sp³-hybridized carbons (Fsp3) is 0.500. The van der Waals surface area contributed by atoms with Crippen molar-refractivity contribution in [3.63, 3.8) is 0 Å². The van der Waals surface area contributed by atoms with Crippen LogP contribution in [-0.2, 0) is 6.54 Å². The largest absolute Gasteiger partial charge is 0.389 e. The van der Waals surface area contributed by atoms with Crippen molar-refractivity contribution in [3.05, 3.63) is 35.1 Å². The second kappa shape index (κ2) is 7.44. The number of benzene rings is 1. The highest BCUT2D eigenvalue weighted by molar-refractivity contribution is 7.80. The Morgan fingerprint density at radius 3 is 2.33 bits per heavy atom. The molecule has 0 aromatic heterocycles. The highest BCUT2D eigenvalue weighted by Gasteiger charge is 2.09. The van der Waals surface area contributed by atoms with Gasteiger partial charge in [-0.25, -0.2) is 4.39 Å². The fourth-order valence-corrected chi connectivity index (χ4v) is 2.10. The Labute approximate surface area is 114 Å². The maximum atomic E-state index is 13.9. The summed E-state index contributed by atoms with van der Waals surface area (Å²) >= 11 is 4.84. The molecule has 0 saturated heterocycles. The molecule has 4 heteroatoms. The molecular formula is C14H21FN2S. The van der Waals surface area contributed by atoms with E-state index in [-0.39, 0.29) is 10.8 Å². The van der Waals surface area contributed by atoms with Crippen molar-refractivity contribution in [2.75, 3.05) is 13.1 Å². The first-order valence-corrected chi connectivity index (χ1v) is 6.79. The first-order chi connectivity index (χ1) is 8.58. The van der Waals surface area contributed by atoms with Crippen molar-refractivity contribution in [2.24, 2.45) is 5.73 Å². The van der Waals surface area contributed by atoms with Crippen LogP contribution in [0.5, 0.6) is 0 Å². The zero-order valence-electron chi connectivity index (χ0n) is 11.1. The van der Waals surface area contributed by atoms with Crippen LogP contribution in [0.25, 0.3) is 0 Å². The van der Waals surface area contributed by atoms with Gasteiger partial charge in [0, 0.05) is 17.7 Å². The lowest BCUT2D eigenvalue weighted by atomic mass is 10.1. The van der Waals surface area contributed by atoms with Crippen molar-refractivity contribution in [2.45, 2.75) is 33.2 Å². The van der Waals surface area contributed by atoms with Gasteiger partial charge in [-0.1, -0.05) is 38.2 Å². The van der Waals surface area contributed by atoms with Crippen molar-refractivity contribution < 1.29 is 4.39 Å². The predicted octanol–water partition coefficient (Wildman–Crippen LogP) is 3.08. The zero-order valence-corrected chi connectivity index (χ0v) is 11.9. The summed E-state index contributed by atoms with van der Waals surface area (Å²) in [5.74, 6) is -0.225. The van der Waals surface area contributed by atoms with Gasteiger partial charge >= 0.3 is 0 Å². The maximum Gasteiger partial charge on any atom is 0.128 e. The van der Waals surface area contributed by atoms with Gasteiger partial charge in [0.1, 0.15) is 10.8 Å². The van der Waals surface area contributed by atoms with Crippen LogP contribution in [0.2, 0.25) is 0 Å². The summed E-state index contributed by atoms with van der Waals surface area (Å²) in [6.45, 7) is 6.89. The molecule has 2 N–H and O–H groups in total. The van der Waals surface area contributed by atoms with E-state index in [2.05, 4.69) is 18.7 Å². The Balaban J connectivity index is 2.79. The average molecular weight is 268 g/mol. The predicted molar refractivity (Wildman–Crippen MR) is 78.1 cm³/mol. The maximum absolute atomic E-state index is 13.9. The highest BCUT2D eigenvalue weighted by atomic mass is 32.1. The number of rotatable bonds is 7. The first kappa shape index (κ1) is 15.1. The average Bonchev–Trinajstić information content (AvgIpc) is 2.32. The van der Waals surface area contributed by atoms with E-state index in [0.29, 0.717) is 17.7 Å². The lowest BCUT2D eigenvalue weighted by Crippen LogP contribution is -2.25. The van der Waals surface area contributed by atoms with Crippen LogP contribution in [0.15, 0.2) is 18.2 Å². The number of hydrogen-bond acceptors (Lipinski definition) is 2. The first-order valence-electron chi connectivity index (χ1n) is 6.39. The molecule has 0 atom stereocenters. The van der Waals surface area contributed by atoms with Gasteiger partial charge in [0.25, 0.3) is 0 Å². The second-order valence-corrected chi connectivity index (χ2v) is 4.89. The molecule has 1 aromatic rings. The topological polar surface area (TPSA) is 29.3 Å². The summed E-state index contributed by atoms with van der Waals surface area (Å²) in [6.07, 6.45) is 2.15. The van der Waals surface area contributed by atoms with Crippen LogP contribution in [0.3, 0.4) is 0 Å². The molecule has 0 fully saturated rings. The van der Waals surface area contributed by atoms with Gasteiger partial charge in [-0.05, 0) is 32.0 Å². The van der Waals surface area contributed by atoms with Gasteiger partial charge in [-0.15, -0.1) is 0 Å². The van der Waals surface area contributed by atoms with Crippen LogP contribution in [0.1, 0.15) is 37.8 Å². The fourth-order valence-electron chi connectivity index (χ4n) is 1.97. The molecule has 18 heavy (non-hydrogen) atoms. The van der Waals surface area contributed by atoms with Crippen molar-refractivity contribution in [1.82, 2.24) is 4.90 Å². The van der Waals surface area contributed by atoms with Gasteiger partial charge in [-0.2, -0.15) is 0 Å². The Morgan fingerprint density at radius 1 is 1.28 bits per heavy atom. The minimum absolute atomic E-state index is 0.225. The molecule has 0 saturated carbocycles. The molecular weight excluding hydrogens is 247 g/mol. The zero-order chi connectivity index (χ0) is 13.5. The normalized spacial score (nSPS) is 10.9. The summed E-state index contributed by atoms with van der Waals surface area (Å²) in [4.78, 5) is 2.50. The number of thiocarbonyl (C=S) groups is 1. The monoisotopic (exact) mass is 268 g/mol. The quantitative estimate of drug-likeness (QED) is 0.771. The third-order valence-electron chi connectivity index (χ3n) is 2.81. The van der Waals surface area contributed by atoms with Crippen molar-refractivity contribution in [3.8, 4) is 0 Å². The van der Waals surface area contributed by atoms with E-state index in [9.17, 15) is 4.39 Å². The second-order valence-electron chi connectivity index (χ2n) is 4.45. The SMILES string of the molecule is CCCN(CCC)Cc1ccc(C(N)=S)cc1F. The molecule has 0 aliphatic carbocycles. The highest BCUT2D eigenvalue weighted by Crippen LogP contribution is 2.13. The van der Waals surface area contributed by atoms with Gasteiger partial charge in [0.05, 0.1) is 0 Å². The minimum atomic E-state index is -0.225. The summed E-state index contributed by atoms with van der Waals surface area (Å²) < 4.78 is 13.9. The molecule has 0 amide bonds. The van der Waals surface area contributed by atoms with E-state index in [0.717, 1.165) is 25.9 Å². The smallest absolute Gasteiger partial charge is 0.128 e. The molecule has 1 rings (SSSR count). The molecule has 0 unspecified atom stereocenters. The van der Waals surface area contributed by atoms with E-state index in [1.165, 1.54) is 6.07 Å². The lowest BCUT2D eigenvalue weighted by molar-refractivity contribution is 0.263. The van der Waals surface area contributed by atoms with Gasteiger partial charge < -0.3 is 5.73 Å². The molecule has 0 spiro atoms. The van der Waals surface area contributed by atoms with Crippen molar-refractivity contribution >= 4 is 17.2 Å². The summed E-state index contributed by atoms with van der Waals surface area (Å²) in [6, 6.07) is 4.99. The number of nitrogens with two attached hydrogens (primary N) is 1. The molecule has 0 aliphatic heterocycles. The third kappa shape index (κ3) is 4.35. The van der Waals surface area contributed by atoms with E-state index in [1.54, 1.807) is 12.1 Å². The van der Waals surface area contributed by atoms with Gasteiger partial charge in [0.2, 0.25) is 0 Å². The standard InChI is InChI=1S/C14H21FN2S/c1-3-7-17(8-4-2)10-12-6-5-11(14(16)18)9-13(12)15/h5-6,9H,3-4,7-8,10H2,1-2H3,(H2,16,18). The molecule has 0 aliphatic rings. The number of nitrogens with zero attached hydrogens (tertiary/aromatic N) is 1. The Bertz CT molecular complexity index is 401. The van der Waals surface area contributed by atoms with Crippen LogP contribution < -0.4 is 5.73 Å². The molecule has 100 valence electrons. The van der Waals surface area contributed by atoms with E-state index >= 15 is 0 Å². The van der Waals surface area contributed by atoms with Crippen LogP contribution >= 0.6 is 12.2 Å². The third-order valence-corrected chi connectivity index (χ3v) is 3.05. The van der Waals surface area contributed by atoms with Crippen LogP contribution in [0, 0.1) is 5.82 Å². The van der Waals surface area contributed by atoms with Crippen molar-refractivity contribution in [1.29, 1.82) is 0 Å². The molecule has 1 aromatic carbocycles. The number of hydrogen-bond donors (Lipinski definition) is 1. The molecule has 0 bridgehead atoms.